The van der Waals surface area contributed by atoms with E-state index < -0.39 is 0 Å². The van der Waals surface area contributed by atoms with Crippen LogP contribution in [0.2, 0.25) is 0 Å². The third-order valence-corrected chi connectivity index (χ3v) is 4.85. The molecule has 1 aromatic carbocycles. The second kappa shape index (κ2) is 6.41. The number of hydrazine groups is 1. The Morgan fingerprint density at radius 2 is 2.44 bits per heavy atom. The summed E-state index contributed by atoms with van der Waals surface area (Å²) in [5.74, 6) is 6.79. The fraction of sp³-hybridized carbons (Fsp3) is 0.538. The van der Waals surface area contributed by atoms with E-state index in [4.69, 9.17) is 10.6 Å². The van der Waals surface area contributed by atoms with Gasteiger partial charge in [0.25, 0.3) is 0 Å². The van der Waals surface area contributed by atoms with Gasteiger partial charge in [0.05, 0.1) is 7.11 Å². The molecule has 1 aliphatic heterocycles. The van der Waals surface area contributed by atoms with Crippen LogP contribution in [0, 0.1) is 5.82 Å². The van der Waals surface area contributed by atoms with Gasteiger partial charge in [0.2, 0.25) is 0 Å². The molecule has 5 heteroatoms. The fourth-order valence-corrected chi connectivity index (χ4v) is 3.70. The minimum atomic E-state index is -0.275. The largest absolute Gasteiger partial charge is 0.494 e. The average molecular weight is 270 g/mol. The summed E-state index contributed by atoms with van der Waals surface area (Å²) in [5.41, 5.74) is 3.49. The molecule has 0 aromatic heterocycles. The maximum Gasteiger partial charge on any atom is 0.168 e. The van der Waals surface area contributed by atoms with Crippen molar-refractivity contribution in [3.8, 4) is 5.75 Å². The van der Waals surface area contributed by atoms with E-state index in [0.717, 1.165) is 6.42 Å². The van der Waals surface area contributed by atoms with Gasteiger partial charge >= 0.3 is 0 Å². The number of thioether (sulfide) groups is 1. The van der Waals surface area contributed by atoms with E-state index in [0.29, 0.717) is 23.0 Å². The van der Waals surface area contributed by atoms with Crippen LogP contribution in [0.1, 0.15) is 18.4 Å². The summed E-state index contributed by atoms with van der Waals surface area (Å²) < 4.78 is 19.1. The quantitative estimate of drug-likeness (QED) is 0.635. The number of hydrogen-bond donors (Lipinski definition) is 2. The summed E-state index contributed by atoms with van der Waals surface area (Å²) in [6.07, 6.45) is 2.95. The highest BCUT2D eigenvalue weighted by Crippen LogP contribution is 2.31. The van der Waals surface area contributed by atoms with Gasteiger partial charge in [-0.15, -0.1) is 0 Å². The zero-order valence-electron chi connectivity index (χ0n) is 10.5. The molecule has 2 unspecified atom stereocenters. The minimum absolute atomic E-state index is 0.110. The predicted molar refractivity (Wildman–Crippen MR) is 73.2 cm³/mol. The van der Waals surface area contributed by atoms with E-state index in [9.17, 15) is 4.39 Å². The number of methoxy groups -OCH3 is 1. The van der Waals surface area contributed by atoms with E-state index in [-0.39, 0.29) is 11.9 Å². The van der Waals surface area contributed by atoms with Crippen LogP contribution in [0.5, 0.6) is 5.75 Å². The zero-order chi connectivity index (χ0) is 13.0. The average Bonchev–Trinajstić information content (AvgIpc) is 2.91. The van der Waals surface area contributed by atoms with Crippen molar-refractivity contribution >= 4 is 11.8 Å². The van der Waals surface area contributed by atoms with Gasteiger partial charge < -0.3 is 4.74 Å². The van der Waals surface area contributed by atoms with E-state index in [1.54, 1.807) is 12.1 Å². The first-order valence-corrected chi connectivity index (χ1v) is 7.20. The summed E-state index contributed by atoms with van der Waals surface area (Å²) >= 11 is 1.91. The molecule has 1 fully saturated rings. The maximum atomic E-state index is 14.1. The van der Waals surface area contributed by atoms with Crippen LogP contribution in [0.3, 0.4) is 0 Å². The summed E-state index contributed by atoms with van der Waals surface area (Å²) in [6, 6.07) is 5.35. The Kier molecular flexibility index (Phi) is 4.86. The van der Waals surface area contributed by atoms with Crippen LogP contribution < -0.4 is 16.0 Å². The summed E-state index contributed by atoms with van der Waals surface area (Å²) in [7, 11) is 1.48. The molecule has 0 amide bonds. The van der Waals surface area contributed by atoms with Crippen LogP contribution in [0.25, 0.3) is 0 Å². The highest BCUT2D eigenvalue weighted by molar-refractivity contribution is 8.00. The lowest BCUT2D eigenvalue weighted by Gasteiger charge is -2.22. The number of benzene rings is 1. The van der Waals surface area contributed by atoms with Crippen LogP contribution >= 0.6 is 11.8 Å². The van der Waals surface area contributed by atoms with E-state index in [1.807, 2.05) is 17.8 Å². The monoisotopic (exact) mass is 270 g/mol. The molecule has 1 heterocycles. The molecular weight excluding hydrogens is 251 g/mol. The van der Waals surface area contributed by atoms with E-state index in [2.05, 4.69) is 5.43 Å². The number of nitrogens with two attached hydrogens (primary N) is 1. The van der Waals surface area contributed by atoms with E-state index in [1.165, 1.54) is 19.3 Å². The van der Waals surface area contributed by atoms with Crippen LogP contribution in [-0.2, 0) is 6.42 Å². The van der Waals surface area contributed by atoms with Crippen molar-refractivity contribution in [2.75, 3.05) is 12.9 Å². The molecule has 1 aliphatic rings. The molecule has 0 aliphatic carbocycles. The Labute approximate surface area is 111 Å². The SMILES string of the molecule is COc1cccc(CC(NN)C2CCCS2)c1F. The molecule has 1 aromatic rings. The maximum absolute atomic E-state index is 14.1. The molecule has 0 saturated carbocycles. The second-order valence-corrected chi connectivity index (χ2v) is 5.81. The van der Waals surface area contributed by atoms with Crippen molar-refractivity contribution in [3.63, 3.8) is 0 Å². The predicted octanol–water partition coefficient (Wildman–Crippen LogP) is 2.10. The highest BCUT2D eigenvalue weighted by atomic mass is 32.2. The second-order valence-electron chi connectivity index (χ2n) is 4.46. The molecule has 0 bridgehead atoms. The van der Waals surface area contributed by atoms with Crippen LogP contribution in [-0.4, -0.2) is 24.2 Å². The molecule has 100 valence electrons. The Bertz CT molecular complexity index is 397. The summed E-state index contributed by atoms with van der Waals surface area (Å²) in [5, 5.41) is 0.473. The van der Waals surface area contributed by atoms with E-state index >= 15 is 0 Å². The number of hydrogen-bond acceptors (Lipinski definition) is 4. The molecule has 1 saturated heterocycles. The van der Waals surface area contributed by atoms with Gasteiger partial charge in [0.1, 0.15) is 0 Å². The molecule has 2 atom stereocenters. The number of ether oxygens (including phenoxy) is 1. The van der Waals surface area contributed by atoms with Gasteiger partial charge in [0, 0.05) is 11.3 Å². The van der Waals surface area contributed by atoms with Gasteiger partial charge in [-0.05, 0) is 36.6 Å². The topological polar surface area (TPSA) is 47.3 Å². The number of nitrogens with one attached hydrogen (secondary N) is 1. The molecule has 2 rings (SSSR count). The van der Waals surface area contributed by atoms with Gasteiger partial charge in [-0.3, -0.25) is 11.3 Å². The van der Waals surface area contributed by atoms with Crippen molar-refractivity contribution in [2.24, 2.45) is 5.84 Å². The Morgan fingerprint density at radius 1 is 1.61 bits per heavy atom. The molecule has 0 spiro atoms. The van der Waals surface area contributed by atoms with Crippen molar-refractivity contribution < 1.29 is 9.13 Å². The lowest BCUT2D eigenvalue weighted by molar-refractivity contribution is 0.382. The normalized spacial score (nSPS) is 20.9. The van der Waals surface area contributed by atoms with Gasteiger partial charge in [-0.1, -0.05) is 12.1 Å². The minimum Gasteiger partial charge on any atom is -0.494 e. The lowest BCUT2D eigenvalue weighted by atomic mass is 10.0. The van der Waals surface area contributed by atoms with Gasteiger partial charge in [-0.2, -0.15) is 11.8 Å². The number of halogens is 1. The zero-order valence-corrected chi connectivity index (χ0v) is 11.3. The first-order valence-electron chi connectivity index (χ1n) is 6.15. The third-order valence-electron chi connectivity index (χ3n) is 3.33. The van der Waals surface area contributed by atoms with Gasteiger partial charge in [-0.25, -0.2) is 4.39 Å². The third kappa shape index (κ3) is 2.96. The van der Waals surface area contributed by atoms with Crippen molar-refractivity contribution in [1.82, 2.24) is 5.43 Å². The summed E-state index contributed by atoms with van der Waals surface area (Å²) in [6.45, 7) is 0. The first-order chi connectivity index (χ1) is 8.76. The standard InChI is InChI=1S/C13H19FN2OS/c1-17-11-5-2-4-9(13(11)14)8-10(16-15)12-6-3-7-18-12/h2,4-5,10,12,16H,3,6-8,15H2,1H3. The first kappa shape index (κ1) is 13.6. The molecule has 18 heavy (non-hydrogen) atoms. The molecule has 3 N–H and O–H groups in total. The molecular formula is C13H19FN2OS. The molecule has 0 radical (unpaired) electrons. The fourth-order valence-electron chi connectivity index (χ4n) is 2.33. The Hall–Kier alpha value is -0.780. The number of rotatable bonds is 5. The van der Waals surface area contributed by atoms with Crippen molar-refractivity contribution in [3.05, 3.63) is 29.6 Å². The highest BCUT2D eigenvalue weighted by Gasteiger charge is 2.26. The Morgan fingerprint density at radius 3 is 3.06 bits per heavy atom. The molecule has 3 nitrogen and oxygen atoms in total. The lowest BCUT2D eigenvalue weighted by Crippen LogP contribution is -2.43. The van der Waals surface area contributed by atoms with Crippen LogP contribution in [0.4, 0.5) is 4.39 Å². The Balaban J connectivity index is 2.11. The smallest absolute Gasteiger partial charge is 0.168 e. The van der Waals surface area contributed by atoms with Gasteiger partial charge in [0.15, 0.2) is 11.6 Å². The summed E-state index contributed by atoms with van der Waals surface area (Å²) in [4.78, 5) is 0. The van der Waals surface area contributed by atoms with Crippen molar-refractivity contribution in [1.29, 1.82) is 0 Å². The van der Waals surface area contributed by atoms with Crippen molar-refractivity contribution in [2.45, 2.75) is 30.6 Å². The van der Waals surface area contributed by atoms with Crippen LogP contribution in [0.15, 0.2) is 18.2 Å².